The first-order valence-corrected chi connectivity index (χ1v) is 5.77. The van der Waals surface area contributed by atoms with Crippen molar-refractivity contribution in [1.29, 1.82) is 0 Å². The van der Waals surface area contributed by atoms with E-state index >= 15 is 0 Å². The third kappa shape index (κ3) is 2.83. The maximum atomic E-state index is 10.6. The van der Waals surface area contributed by atoms with Crippen LogP contribution in [0.3, 0.4) is 0 Å². The van der Waals surface area contributed by atoms with E-state index in [0.29, 0.717) is 11.7 Å². The van der Waals surface area contributed by atoms with E-state index in [9.17, 15) is 4.79 Å². The third-order valence-electron chi connectivity index (χ3n) is 3.21. The molecule has 1 aliphatic heterocycles. The summed E-state index contributed by atoms with van der Waals surface area (Å²) in [6.07, 6.45) is 3.16. The van der Waals surface area contributed by atoms with Gasteiger partial charge in [0.05, 0.1) is 0 Å². The lowest BCUT2D eigenvalue weighted by molar-refractivity contribution is -0.138. The lowest BCUT2D eigenvalue weighted by Crippen LogP contribution is -2.32. The Morgan fingerprint density at radius 2 is 2.59 bits per heavy atom. The fourth-order valence-corrected chi connectivity index (χ4v) is 2.17. The van der Waals surface area contributed by atoms with Crippen LogP contribution in [0.15, 0.2) is 6.20 Å². The number of carboxylic acids is 1. The molecule has 2 rings (SSSR count). The molecule has 2 heterocycles. The highest BCUT2D eigenvalue weighted by atomic mass is 16.4. The van der Waals surface area contributed by atoms with Crippen LogP contribution in [0.5, 0.6) is 0 Å². The number of nitrogens with one attached hydrogen (secondary N) is 1. The number of likely N-dealkylation sites (N-methyl/N-ethyl adjacent to an activating group) is 1. The predicted octanol–water partition coefficient (Wildman–Crippen LogP) is -0.217. The van der Waals surface area contributed by atoms with Crippen LogP contribution >= 0.6 is 0 Å². The van der Waals surface area contributed by atoms with Crippen LogP contribution < -0.4 is 5.73 Å². The van der Waals surface area contributed by atoms with Gasteiger partial charge in [0.2, 0.25) is 0 Å². The molecular formula is C11H18N4O2. The number of rotatable bonds is 4. The van der Waals surface area contributed by atoms with Gasteiger partial charge >= 0.3 is 5.97 Å². The van der Waals surface area contributed by atoms with Gasteiger partial charge in [-0.25, -0.2) is 4.98 Å². The minimum Gasteiger partial charge on any atom is -0.480 e. The molecule has 0 spiro atoms. The summed E-state index contributed by atoms with van der Waals surface area (Å²) >= 11 is 0. The number of hydrogen-bond acceptors (Lipinski definition) is 4. The molecule has 0 bridgehead atoms. The first kappa shape index (κ1) is 12.1. The molecule has 1 saturated heterocycles. The zero-order chi connectivity index (χ0) is 12.4. The summed E-state index contributed by atoms with van der Waals surface area (Å²) in [5, 5.41) is 8.72. The highest BCUT2D eigenvalue weighted by Gasteiger charge is 2.23. The molecule has 6 heteroatoms. The second-order valence-corrected chi connectivity index (χ2v) is 4.68. The molecule has 17 heavy (non-hydrogen) atoms. The topological polar surface area (TPSA) is 95.2 Å². The second kappa shape index (κ2) is 4.85. The Labute approximate surface area is 99.8 Å². The van der Waals surface area contributed by atoms with E-state index in [2.05, 4.69) is 21.9 Å². The Balaban J connectivity index is 1.98. The van der Waals surface area contributed by atoms with E-state index in [0.717, 1.165) is 25.2 Å². The molecular weight excluding hydrogens is 220 g/mol. The van der Waals surface area contributed by atoms with Crippen LogP contribution in [0.1, 0.15) is 23.9 Å². The van der Waals surface area contributed by atoms with Crippen LogP contribution in [-0.2, 0) is 11.2 Å². The van der Waals surface area contributed by atoms with Crippen molar-refractivity contribution in [3.8, 4) is 0 Å². The minimum atomic E-state index is -0.997. The van der Waals surface area contributed by atoms with Crippen molar-refractivity contribution in [3.05, 3.63) is 17.7 Å². The zero-order valence-electron chi connectivity index (χ0n) is 9.89. The SMILES string of the molecule is CN1CCC(c2cnc(CC(N)C(=O)O)[nH]2)C1. The molecule has 0 aliphatic carbocycles. The van der Waals surface area contributed by atoms with E-state index in [1.165, 1.54) is 0 Å². The van der Waals surface area contributed by atoms with Crippen molar-refractivity contribution in [2.45, 2.75) is 24.8 Å². The van der Waals surface area contributed by atoms with Crippen molar-refractivity contribution in [2.24, 2.45) is 5.73 Å². The van der Waals surface area contributed by atoms with Crippen LogP contribution in [0.25, 0.3) is 0 Å². The van der Waals surface area contributed by atoms with E-state index in [4.69, 9.17) is 10.8 Å². The molecule has 1 fully saturated rings. The standard InChI is InChI=1S/C11H18N4O2/c1-15-3-2-7(6-15)9-5-13-10(14-9)4-8(12)11(16)17/h5,7-8H,2-4,6,12H2,1H3,(H,13,14)(H,16,17). The number of H-pyrrole nitrogens is 1. The van der Waals surface area contributed by atoms with E-state index < -0.39 is 12.0 Å². The molecule has 6 nitrogen and oxygen atoms in total. The van der Waals surface area contributed by atoms with Gasteiger partial charge in [-0.15, -0.1) is 0 Å². The number of nitrogens with two attached hydrogens (primary N) is 1. The van der Waals surface area contributed by atoms with Gasteiger partial charge in [-0.2, -0.15) is 0 Å². The molecule has 2 unspecified atom stereocenters. The normalized spacial score (nSPS) is 22.8. The minimum absolute atomic E-state index is 0.248. The first-order chi connectivity index (χ1) is 8.06. The molecule has 0 saturated carbocycles. The zero-order valence-corrected chi connectivity index (χ0v) is 9.89. The van der Waals surface area contributed by atoms with Gasteiger partial charge in [0, 0.05) is 30.8 Å². The molecule has 1 aromatic rings. The molecule has 4 N–H and O–H groups in total. The smallest absolute Gasteiger partial charge is 0.320 e. The number of carbonyl (C=O) groups is 1. The van der Waals surface area contributed by atoms with Crippen molar-refractivity contribution >= 4 is 5.97 Å². The van der Waals surface area contributed by atoms with Gasteiger partial charge in [0.25, 0.3) is 0 Å². The Bertz CT molecular complexity index is 404. The number of imidazole rings is 1. The summed E-state index contributed by atoms with van der Waals surface area (Å²) in [7, 11) is 2.09. The summed E-state index contributed by atoms with van der Waals surface area (Å²) in [5.74, 6) is 0.135. The Kier molecular flexibility index (Phi) is 3.44. The van der Waals surface area contributed by atoms with Gasteiger partial charge in [-0.3, -0.25) is 4.79 Å². The summed E-state index contributed by atoms with van der Waals surface area (Å²) < 4.78 is 0. The molecule has 94 valence electrons. The van der Waals surface area contributed by atoms with Gasteiger partial charge in [-0.1, -0.05) is 0 Å². The molecule has 0 amide bonds. The number of hydrogen-bond donors (Lipinski definition) is 3. The van der Waals surface area contributed by atoms with Crippen LogP contribution in [0, 0.1) is 0 Å². The Hall–Kier alpha value is -1.40. The summed E-state index contributed by atoms with van der Waals surface area (Å²) in [6, 6.07) is -0.889. The van der Waals surface area contributed by atoms with Crippen molar-refractivity contribution in [2.75, 3.05) is 20.1 Å². The largest absolute Gasteiger partial charge is 0.480 e. The number of likely N-dealkylation sites (tertiary alicyclic amines) is 1. The van der Waals surface area contributed by atoms with Crippen LogP contribution in [-0.4, -0.2) is 52.1 Å². The summed E-state index contributed by atoms with van der Waals surface area (Å²) in [5.41, 5.74) is 6.55. The maximum Gasteiger partial charge on any atom is 0.320 e. The monoisotopic (exact) mass is 238 g/mol. The number of aromatic nitrogens is 2. The van der Waals surface area contributed by atoms with Gasteiger partial charge < -0.3 is 20.7 Å². The average Bonchev–Trinajstić information content (AvgIpc) is 2.86. The van der Waals surface area contributed by atoms with Crippen LogP contribution in [0.2, 0.25) is 0 Å². The van der Waals surface area contributed by atoms with E-state index in [-0.39, 0.29) is 6.42 Å². The fourth-order valence-electron chi connectivity index (χ4n) is 2.17. The van der Waals surface area contributed by atoms with Crippen molar-refractivity contribution < 1.29 is 9.90 Å². The lowest BCUT2D eigenvalue weighted by atomic mass is 10.1. The third-order valence-corrected chi connectivity index (χ3v) is 3.21. The van der Waals surface area contributed by atoms with Gasteiger partial charge in [-0.05, 0) is 20.0 Å². The Morgan fingerprint density at radius 3 is 3.18 bits per heavy atom. The van der Waals surface area contributed by atoms with Gasteiger partial charge in [0.1, 0.15) is 11.9 Å². The quantitative estimate of drug-likeness (QED) is 0.674. The van der Waals surface area contributed by atoms with Crippen molar-refractivity contribution in [3.63, 3.8) is 0 Å². The maximum absolute atomic E-state index is 10.6. The highest BCUT2D eigenvalue weighted by Crippen LogP contribution is 2.24. The van der Waals surface area contributed by atoms with E-state index in [1.807, 2.05) is 0 Å². The van der Waals surface area contributed by atoms with Crippen molar-refractivity contribution in [1.82, 2.24) is 14.9 Å². The van der Waals surface area contributed by atoms with E-state index in [1.54, 1.807) is 6.20 Å². The first-order valence-electron chi connectivity index (χ1n) is 5.77. The molecule has 1 aromatic heterocycles. The number of carboxylic acid groups (broad SMARTS) is 1. The number of aromatic amines is 1. The molecule has 0 aromatic carbocycles. The van der Waals surface area contributed by atoms with Crippen LogP contribution in [0.4, 0.5) is 0 Å². The second-order valence-electron chi connectivity index (χ2n) is 4.68. The lowest BCUT2D eigenvalue weighted by Gasteiger charge is -2.08. The molecule has 0 radical (unpaired) electrons. The number of aliphatic carboxylic acids is 1. The molecule has 2 atom stereocenters. The summed E-state index contributed by atoms with van der Waals surface area (Å²) in [4.78, 5) is 20.3. The number of nitrogens with zero attached hydrogens (tertiary/aromatic N) is 2. The summed E-state index contributed by atoms with van der Waals surface area (Å²) in [6.45, 7) is 2.11. The van der Waals surface area contributed by atoms with Gasteiger partial charge in [0.15, 0.2) is 0 Å². The highest BCUT2D eigenvalue weighted by molar-refractivity contribution is 5.73. The predicted molar refractivity (Wildman–Crippen MR) is 62.8 cm³/mol. The fraction of sp³-hybridized carbons (Fsp3) is 0.636. The average molecular weight is 238 g/mol. The molecule has 1 aliphatic rings. The Morgan fingerprint density at radius 1 is 1.82 bits per heavy atom.